The Morgan fingerprint density at radius 1 is 1.25 bits per heavy atom. The number of likely N-dealkylation sites (tertiary alicyclic amines) is 1. The van der Waals surface area contributed by atoms with Crippen LogP contribution in [0, 0.1) is 11.8 Å². The Bertz CT molecular complexity index is 1180. The molecule has 2 amide bonds. The van der Waals surface area contributed by atoms with E-state index in [9.17, 15) is 14.7 Å². The van der Waals surface area contributed by atoms with Crippen molar-refractivity contribution in [3.63, 3.8) is 0 Å². The van der Waals surface area contributed by atoms with Crippen LogP contribution < -0.4 is 10.6 Å². The first-order chi connectivity index (χ1) is 19.3. The summed E-state index contributed by atoms with van der Waals surface area (Å²) in [5.41, 5.74) is 2.23. The molecule has 4 atom stereocenters. The minimum atomic E-state index is -1.31. The molecule has 218 valence electrons. The molecular formula is C31H43ClN4O4. The van der Waals surface area contributed by atoms with Crippen LogP contribution in [-0.2, 0) is 21.6 Å². The van der Waals surface area contributed by atoms with Gasteiger partial charge in [0.15, 0.2) is 0 Å². The zero-order chi connectivity index (χ0) is 28.7. The predicted molar refractivity (Wildman–Crippen MR) is 157 cm³/mol. The number of methoxy groups -OCH3 is 1. The molecular weight excluding hydrogens is 528 g/mol. The van der Waals surface area contributed by atoms with Crippen LogP contribution in [0.2, 0.25) is 5.02 Å². The highest BCUT2D eigenvalue weighted by Gasteiger charge is 2.44. The molecule has 2 fully saturated rings. The number of aromatic nitrogens is 1. The van der Waals surface area contributed by atoms with Gasteiger partial charge in [0.05, 0.1) is 17.7 Å². The van der Waals surface area contributed by atoms with E-state index in [0.717, 1.165) is 49.7 Å². The second-order valence-electron chi connectivity index (χ2n) is 11.2. The summed E-state index contributed by atoms with van der Waals surface area (Å²) in [7, 11) is 3.28. The first-order valence-electron chi connectivity index (χ1n) is 14.5. The van der Waals surface area contributed by atoms with Gasteiger partial charge in [0.25, 0.3) is 0 Å². The van der Waals surface area contributed by atoms with Gasteiger partial charge in [0, 0.05) is 61.0 Å². The van der Waals surface area contributed by atoms with Crippen LogP contribution in [0.1, 0.15) is 63.0 Å². The summed E-state index contributed by atoms with van der Waals surface area (Å²) in [4.78, 5) is 31.6. The maximum absolute atomic E-state index is 13.6. The number of alkyl carbamates (subject to hydrolysis) is 1. The number of nitrogens with one attached hydrogen (secondary N) is 2. The lowest BCUT2D eigenvalue weighted by molar-refractivity contribution is -0.140. The largest absolute Gasteiger partial charge is 0.453 e. The van der Waals surface area contributed by atoms with Gasteiger partial charge in [-0.15, -0.1) is 0 Å². The van der Waals surface area contributed by atoms with Crippen LogP contribution in [0.3, 0.4) is 0 Å². The molecule has 2 heterocycles. The maximum atomic E-state index is 13.6. The molecule has 9 heteroatoms. The molecule has 1 aromatic carbocycles. The lowest BCUT2D eigenvalue weighted by Gasteiger charge is -2.44. The van der Waals surface area contributed by atoms with E-state index in [4.69, 9.17) is 16.3 Å². The number of rotatable bonds is 10. The van der Waals surface area contributed by atoms with E-state index in [0.29, 0.717) is 49.1 Å². The first-order valence-corrected chi connectivity index (χ1v) is 14.9. The molecule has 1 saturated carbocycles. The number of hydrogen-bond donors (Lipinski definition) is 3. The highest BCUT2D eigenvalue weighted by atomic mass is 35.5. The molecule has 1 aliphatic carbocycles. The third-order valence-electron chi connectivity index (χ3n) is 8.78. The fraction of sp³-hybridized carbons (Fsp3) is 0.581. The highest BCUT2D eigenvalue weighted by Crippen LogP contribution is 2.45. The fourth-order valence-electron chi connectivity index (χ4n) is 6.48. The Morgan fingerprint density at radius 3 is 2.80 bits per heavy atom. The van der Waals surface area contributed by atoms with Gasteiger partial charge in [-0.3, -0.25) is 9.78 Å². The lowest BCUT2D eigenvalue weighted by atomic mass is 9.72. The van der Waals surface area contributed by atoms with Crippen molar-refractivity contribution in [2.24, 2.45) is 11.8 Å². The number of ether oxygens (including phenoxy) is 1. The van der Waals surface area contributed by atoms with Crippen molar-refractivity contribution >= 4 is 23.6 Å². The zero-order valence-corrected chi connectivity index (χ0v) is 24.7. The Labute approximate surface area is 242 Å². The topological polar surface area (TPSA) is 104 Å². The average Bonchev–Trinajstić information content (AvgIpc) is 3.48. The van der Waals surface area contributed by atoms with Gasteiger partial charge < -0.3 is 25.4 Å². The molecule has 3 N–H and O–H groups in total. The number of halogens is 1. The van der Waals surface area contributed by atoms with E-state index in [1.165, 1.54) is 12.7 Å². The van der Waals surface area contributed by atoms with E-state index < -0.39 is 11.7 Å². The highest BCUT2D eigenvalue weighted by molar-refractivity contribution is 6.33. The number of hydrogen-bond acceptors (Lipinski definition) is 6. The number of benzene rings is 1. The van der Waals surface area contributed by atoms with Crippen LogP contribution in [-0.4, -0.2) is 66.8 Å². The van der Waals surface area contributed by atoms with Crippen molar-refractivity contribution in [2.45, 2.75) is 69.9 Å². The Kier molecular flexibility index (Phi) is 10.4. The van der Waals surface area contributed by atoms with Gasteiger partial charge in [-0.25, -0.2) is 4.79 Å². The second kappa shape index (κ2) is 13.8. The van der Waals surface area contributed by atoms with E-state index in [2.05, 4.69) is 34.7 Å². The summed E-state index contributed by atoms with van der Waals surface area (Å²) < 4.78 is 4.71. The van der Waals surface area contributed by atoms with Crippen molar-refractivity contribution in [3.05, 3.63) is 52.8 Å². The Morgan fingerprint density at radius 2 is 2.08 bits per heavy atom. The fourth-order valence-corrected chi connectivity index (χ4v) is 6.74. The van der Waals surface area contributed by atoms with Crippen molar-refractivity contribution in [1.29, 1.82) is 0 Å². The summed E-state index contributed by atoms with van der Waals surface area (Å²) in [6.45, 7) is 3.64. The number of pyridine rings is 1. The third kappa shape index (κ3) is 6.78. The number of amides is 2. The molecule has 1 aliphatic heterocycles. The average molecular weight is 571 g/mol. The summed E-state index contributed by atoms with van der Waals surface area (Å²) in [6, 6.07) is 8.59. The smallest absolute Gasteiger partial charge is 0.406 e. The maximum Gasteiger partial charge on any atom is 0.406 e. The molecule has 40 heavy (non-hydrogen) atoms. The standard InChI is InChI=1S/C31H43ClN4O4/c1-4-21-8-5-9-22(16-21)28-26(18-34-19-27(28)32)31(39,13-7-14-35-30(38)40-3)24-10-6-15-36(20-24)29(37)23-11-12-25(17-23)33-2/h5,8-9,16,18-19,23-25,33,39H,4,6-7,10-15,17,20H2,1-3H3,(H,35,38)/t23-,24?,25-,31+/m1/s1. The second-order valence-corrected chi connectivity index (χ2v) is 11.6. The van der Waals surface area contributed by atoms with Crippen LogP contribution >= 0.6 is 11.6 Å². The normalized spacial score (nSPS) is 22.5. The number of nitrogens with zero attached hydrogens (tertiary/aromatic N) is 2. The molecule has 2 aromatic rings. The number of piperidine rings is 1. The molecule has 2 aliphatic rings. The van der Waals surface area contributed by atoms with Gasteiger partial charge in [0.2, 0.25) is 5.91 Å². The molecule has 1 saturated heterocycles. The third-order valence-corrected chi connectivity index (χ3v) is 9.06. The van der Waals surface area contributed by atoms with Crippen molar-refractivity contribution in [3.8, 4) is 11.1 Å². The first kappa shape index (κ1) is 30.3. The Balaban J connectivity index is 1.67. The quantitative estimate of drug-likeness (QED) is 0.351. The zero-order valence-electron chi connectivity index (χ0n) is 23.9. The minimum absolute atomic E-state index is 0.0220. The number of aryl methyl sites for hydroxylation is 1. The van der Waals surface area contributed by atoms with Crippen molar-refractivity contribution in [2.75, 3.05) is 33.8 Å². The molecule has 0 spiro atoms. The summed E-state index contributed by atoms with van der Waals surface area (Å²) in [6.07, 6.45) is 8.96. The van der Waals surface area contributed by atoms with E-state index >= 15 is 0 Å². The summed E-state index contributed by atoms with van der Waals surface area (Å²) in [5.74, 6) is 0.00387. The van der Waals surface area contributed by atoms with E-state index in [1.54, 1.807) is 12.4 Å². The van der Waals surface area contributed by atoms with Crippen LogP contribution in [0.25, 0.3) is 11.1 Å². The molecule has 0 radical (unpaired) electrons. The number of carbonyl (C=O) groups excluding carboxylic acids is 2. The molecule has 4 rings (SSSR count). The SMILES string of the molecule is CCc1cccc(-c2c(Cl)cncc2[C@](O)(CCCNC(=O)OC)C2CCCN(C(=O)[C@@H]3CC[C@@H](NC)C3)C2)c1. The van der Waals surface area contributed by atoms with Crippen molar-refractivity contribution in [1.82, 2.24) is 20.5 Å². The van der Waals surface area contributed by atoms with Gasteiger partial charge in [0.1, 0.15) is 0 Å². The van der Waals surface area contributed by atoms with Gasteiger partial charge in [-0.2, -0.15) is 0 Å². The van der Waals surface area contributed by atoms with Crippen molar-refractivity contribution < 1.29 is 19.4 Å². The van der Waals surface area contributed by atoms with Crippen LogP contribution in [0.4, 0.5) is 4.79 Å². The van der Waals surface area contributed by atoms with Gasteiger partial charge in [-0.05, 0) is 69.5 Å². The van der Waals surface area contributed by atoms with E-state index in [-0.39, 0.29) is 17.7 Å². The van der Waals surface area contributed by atoms with E-state index in [1.807, 2.05) is 24.1 Å². The monoisotopic (exact) mass is 570 g/mol. The van der Waals surface area contributed by atoms with Crippen LogP contribution in [0.5, 0.6) is 0 Å². The summed E-state index contributed by atoms with van der Waals surface area (Å²) >= 11 is 6.80. The Hall–Kier alpha value is -2.68. The number of aliphatic hydroxyl groups is 1. The minimum Gasteiger partial charge on any atom is -0.453 e. The van der Waals surface area contributed by atoms with Gasteiger partial charge in [-0.1, -0.05) is 42.8 Å². The lowest BCUT2D eigenvalue weighted by Crippen LogP contribution is -2.50. The molecule has 0 bridgehead atoms. The van der Waals surface area contributed by atoms with Gasteiger partial charge >= 0.3 is 6.09 Å². The summed E-state index contributed by atoms with van der Waals surface area (Å²) in [5, 5.41) is 19.2. The molecule has 1 aromatic heterocycles. The molecule has 8 nitrogen and oxygen atoms in total. The predicted octanol–water partition coefficient (Wildman–Crippen LogP) is 4.91. The van der Waals surface area contributed by atoms with Crippen LogP contribution in [0.15, 0.2) is 36.7 Å². The molecule has 1 unspecified atom stereocenters. The number of carbonyl (C=O) groups is 2.